The highest BCUT2D eigenvalue weighted by Crippen LogP contribution is 2.39. The monoisotopic (exact) mass is 496 g/mol. The van der Waals surface area contributed by atoms with Crippen molar-refractivity contribution in [2.24, 2.45) is 0 Å². The first-order valence-corrected chi connectivity index (χ1v) is 12.0. The van der Waals surface area contributed by atoms with Crippen molar-refractivity contribution >= 4 is 58.2 Å². The third-order valence-electron chi connectivity index (χ3n) is 5.23. The number of carbonyl (C=O) groups excluding carboxylic acids is 2. The molecule has 4 nitrogen and oxygen atoms in total. The summed E-state index contributed by atoms with van der Waals surface area (Å²) in [7, 11) is 0. The van der Waals surface area contributed by atoms with E-state index in [1.165, 1.54) is 17.3 Å². The Hall–Kier alpha value is -2.73. The fraction of sp³-hybridized carbons (Fsp3) is 0.154. The summed E-state index contributed by atoms with van der Waals surface area (Å²) in [4.78, 5) is 29.2. The first-order chi connectivity index (χ1) is 15.7. The lowest BCUT2D eigenvalue weighted by Crippen LogP contribution is -2.32. The fourth-order valence-corrected chi connectivity index (χ4v) is 4.88. The Kier molecular flexibility index (Phi) is 6.84. The topological polar surface area (TPSA) is 49.4 Å². The van der Waals surface area contributed by atoms with Gasteiger partial charge in [0.1, 0.15) is 10.6 Å². The number of benzene rings is 3. The van der Waals surface area contributed by atoms with Crippen LogP contribution >= 0.6 is 35.0 Å². The van der Waals surface area contributed by atoms with E-state index in [0.717, 1.165) is 21.0 Å². The van der Waals surface area contributed by atoms with Crippen molar-refractivity contribution in [2.75, 3.05) is 10.2 Å². The van der Waals surface area contributed by atoms with Gasteiger partial charge in [-0.1, -0.05) is 78.6 Å². The Balaban J connectivity index is 1.73. The fourth-order valence-electron chi connectivity index (χ4n) is 3.44. The molecule has 1 N–H and O–H groups in total. The molecule has 0 bridgehead atoms. The second-order valence-corrected chi connectivity index (χ2v) is 10.1. The van der Waals surface area contributed by atoms with E-state index < -0.39 is 11.8 Å². The lowest BCUT2D eigenvalue weighted by atomic mass is 10.0. The molecule has 0 spiro atoms. The summed E-state index contributed by atoms with van der Waals surface area (Å²) >= 11 is 13.5. The summed E-state index contributed by atoms with van der Waals surface area (Å²) < 4.78 is 0. The molecular weight excluding hydrogens is 475 g/mol. The SMILES string of the molecule is Cc1ccc(SC2=C(Nc3ccc(C(C)C)cc3)C(=O)N(c3cc(Cl)cc(Cl)c3)C2=O)cc1. The van der Waals surface area contributed by atoms with Crippen LogP contribution < -0.4 is 10.2 Å². The number of imide groups is 1. The maximum absolute atomic E-state index is 13.5. The Labute approximate surface area is 207 Å². The predicted molar refractivity (Wildman–Crippen MR) is 137 cm³/mol. The van der Waals surface area contributed by atoms with Crippen LogP contribution in [0.15, 0.2) is 82.2 Å². The summed E-state index contributed by atoms with van der Waals surface area (Å²) in [6.07, 6.45) is 0. The molecule has 2 amide bonds. The first-order valence-electron chi connectivity index (χ1n) is 10.4. The Bertz CT molecular complexity index is 1230. The molecule has 0 aliphatic carbocycles. The van der Waals surface area contributed by atoms with Crippen LogP contribution in [0.25, 0.3) is 0 Å². The summed E-state index contributed by atoms with van der Waals surface area (Å²) in [6, 6.07) is 20.3. The average Bonchev–Trinajstić information content (AvgIpc) is 2.99. The van der Waals surface area contributed by atoms with Crippen LogP contribution in [0, 0.1) is 6.92 Å². The Morgan fingerprint density at radius 1 is 0.848 bits per heavy atom. The maximum atomic E-state index is 13.5. The highest BCUT2D eigenvalue weighted by Gasteiger charge is 2.40. The largest absolute Gasteiger partial charge is 0.350 e. The zero-order valence-corrected chi connectivity index (χ0v) is 20.7. The van der Waals surface area contributed by atoms with E-state index in [4.69, 9.17) is 23.2 Å². The maximum Gasteiger partial charge on any atom is 0.283 e. The van der Waals surface area contributed by atoms with Gasteiger partial charge in [-0.15, -0.1) is 0 Å². The first kappa shape index (κ1) is 23.4. The van der Waals surface area contributed by atoms with Gasteiger partial charge in [-0.2, -0.15) is 0 Å². The van der Waals surface area contributed by atoms with Crippen LogP contribution in [0.4, 0.5) is 11.4 Å². The molecule has 0 unspecified atom stereocenters. The van der Waals surface area contributed by atoms with Crippen LogP contribution in [0.3, 0.4) is 0 Å². The number of nitrogens with zero attached hydrogens (tertiary/aromatic N) is 1. The van der Waals surface area contributed by atoms with E-state index in [2.05, 4.69) is 19.2 Å². The summed E-state index contributed by atoms with van der Waals surface area (Å²) in [5, 5.41) is 3.87. The molecule has 7 heteroatoms. The minimum atomic E-state index is -0.458. The molecule has 0 saturated heterocycles. The van der Waals surface area contributed by atoms with E-state index in [9.17, 15) is 9.59 Å². The van der Waals surface area contributed by atoms with Crippen molar-refractivity contribution in [1.82, 2.24) is 0 Å². The van der Waals surface area contributed by atoms with Crippen LogP contribution in [0.2, 0.25) is 10.0 Å². The van der Waals surface area contributed by atoms with Gasteiger partial charge in [0.15, 0.2) is 0 Å². The molecule has 0 fully saturated rings. The second-order valence-electron chi connectivity index (χ2n) is 8.09. The number of rotatable bonds is 6. The lowest BCUT2D eigenvalue weighted by Gasteiger charge is -2.16. The molecular formula is C26H22Cl2N2O2S. The van der Waals surface area contributed by atoms with Crippen LogP contribution in [-0.4, -0.2) is 11.8 Å². The molecule has 0 atom stereocenters. The molecule has 1 aliphatic rings. The zero-order chi connectivity index (χ0) is 23.7. The number of nitrogens with one attached hydrogen (secondary N) is 1. The van der Waals surface area contributed by atoms with Crippen molar-refractivity contribution in [3.63, 3.8) is 0 Å². The standard InChI is InChI=1S/C26H22Cl2N2O2S/c1-15(2)17-6-8-20(9-7-17)29-23-24(33-22-10-4-16(3)5-11-22)26(32)30(25(23)31)21-13-18(27)12-19(28)14-21/h4-15,29H,1-3H3. The number of thioether (sulfide) groups is 1. The highest BCUT2D eigenvalue weighted by atomic mass is 35.5. The summed E-state index contributed by atoms with van der Waals surface area (Å²) in [5.74, 6) is -0.491. The Morgan fingerprint density at radius 2 is 1.45 bits per heavy atom. The predicted octanol–water partition coefficient (Wildman–Crippen LogP) is 7.41. The average molecular weight is 497 g/mol. The smallest absolute Gasteiger partial charge is 0.283 e. The lowest BCUT2D eigenvalue weighted by molar-refractivity contribution is -0.120. The highest BCUT2D eigenvalue weighted by molar-refractivity contribution is 8.04. The van der Waals surface area contributed by atoms with Gasteiger partial charge in [0, 0.05) is 20.6 Å². The van der Waals surface area contributed by atoms with Gasteiger partial charge in [-0.05, 0) is 60.9 Å². The number of halogens is 2. The van der Waals surface area contributed by atoms with Gasteiger partial charge < -0.3 is 5.32 Å². The van der Waals surface area contributed by atoms with E-state index in [1.807, 2.05) is 55.5 Å². The van der Waals surface area contributed by atoms with Gasteiger partial charge in [0.2, 0.25) is 0 Å². The molecule has 0 aromatic heterocycles. The van der Waals surface area contributed by atoms with Crippen molar-refractivity contribution in [3.05, 3.63) is 98.5 Å². The zero-order valence-electron chi connectivity index (χ0n) is 18.4. The second kappa shape index (κ2) is 9.64. The number of anilines is 2. The van der Waals surface area contributed by atoms with Crippen molar-refractivity contribution in [1.29, 1.82) is 0 Å². The molecule has 1 heterocycles. The minimum absolute atomic E-state index is 0.221. The third-order valence-corrected chi connectivity index (χ3v) is 6.76. The normalized spacial score (nSPS) is 13.9. The molecule has 0 radical (unpaired) electrons. The molecule has 0 saturated carbocycles. The minimum Gasteiger partial charge on any atom is -0.350 e. The van der Waals surface area contributed by atoms with E-state index in [0.29, 0.717) is 26.6 Å². The Morgan fingerprint density at radius 3 is 2.03 bits per heavy atom. The van der Waals surface area contributed by atoms with Crippen molar-refractivity contribution < 1.29 is 9.59 Å². The van der Waals surface area contributed by atoms with Crippen LogP contribution in [0.5, 0.6) is 0 Å². The third kappa shape index (κ3) is 5.11. The van der Waals surface area contributed by atoms with E-state index in [1.54, 1.807) is 18.2 Å². The quantitative estimate of drug-likeness (QED) is 0.360. The van der Waals surface area contributed by atoms with Gasteiger partial charge in [0.25, 0.3) is 11.8 Å². The van der Waals surface area contributed by atoms with E-state index >= 15 is 0 Å². The van der Waals surface area contributed by atoms with Crippen LogP contribution in [-0.2, 0) is 9.59 Å². The van der Waals surface area contributed by atoms with E-state index in [-0.39, 0.29) is 5.70 Å². The number of hydrogen-bond acceptors (Lipinski definition) is 4. The molecule has 3 aromatic carbocycles. The number of hydrogen-bond donors (Lipinski definition) is 1. The summed E-state index contributed by atoms with van der Waals surface area (Å²) in [6.45, 7) is 6.24. The molecule has 3 aromatic rings. The molecule has 168 valence electrons. The van der Waals surface area contributed by atoms with Crippen molar-refractivity contribution in [3.8, 4) is 0 Å². The number of amides is 2. The molecule has 4 rings (SSSR count). The van der Waals surface area contributed by atoms with Gasteiger partial charge in [-0.3, -0.25) is 9.59 Å². The number of aryl methyl sites for hydroxylation is 1. The van der Waals surface area contributed by atoms with Gasteiger partial charge in [-0.25, -0.2) is 4.90 Å². The molecule has 1 aliphatic heterocycles. The summed E-state index contributed by atoms with van der Waals surface area (Å²) in [5.41, 5.74) is 3.58. The van der Waals surface area contributed by atoms with Crippen molar-refractivity contribution in [2.45, 2.75) is 31.6 Å². The van der Waals surface area contributed by atoms with Gasteiger partial charge >= 0.3 is 0 Å². The number of carbonyl (C=O) groups is 2. The van der Waals surface area contributed by atoms with Gasteiger partial charge in [0.05, 0.1) is 5.69 Å². The molecule has 33 heavy (non-hydrogen) atoms. The van der Waals surface area contributed by atoms with Crippen LogP contribution in [0.1, 0.15) is 30.9 Å².